The largest absolute Gasteiger partial charge is 0.207 e. The van der Waals surface area contributed by atoms with Crippen molar-refractivity contribution in [2.75, 3.05) is 5.88 Å². The Morgan fingerprint density at radius 2 is 1.94 bits per heavy atom. The molecule has 4 heteroatoms. The second kappa shape index (κ2) is 5.98. The first-order valence-corrected chi connectivity index (χ1v) is 7.44. The topological polar surface area (TPSA) is 0 Å². The minimum atomic E-state index is -0.209. The number of rotatable bonds is 4. The fourth-order valence-corrected chi connectivity index (χ4v) is 3.57. The zero-order valence-corrected chi connectivity index (χ0v) is 12.2. The fourth-order valence-electron chi connectivity index (χ4n) is 1.69. The van der Waals surface area contributed by atoms with E-state index >= 15 is 0 Å². The summed E-state index contributed by atoms with van der Waals surface area (Å²) in [6.07, 6.45) is 0.882. The summed E-state index contributed by atoms with van der Waals surface area (Å²) < 4.78 is 14.0. The van der Waals surface area contributed by atoms with Crippen molar-refractivity contribution >= 4 is 38.9 Å². The van der Waals surface area contributed by atoms with Crippen molar-refractivity contribution in [1.82, 2.24) is 0 Å². The maximum Gasteiger partial charge on any atom is 0.123 e. The van der Waals surface area contributed by atoms with Gasteiger partial charge in [-0.15, -0.1) is 22.9 Å². The van der Waals surface area contributed by atoms with Crippen LogP contribution in [-0.2, 0) is 6.42 Å². The molecule has 0 saturated carbocycles. The second-order valence-electron chi connectivity index (χ2n) is 3.80. The van der Waals surface area contributed by atoms with Crippen molar-refractivity contribution in [3.05, 3.63) is 56.4 Å². The zero-order chi connectivity index (χ0) is 12.3. The minimum absolute atomic E-state index is 0.209. The molecule has 1 heterocycles. The van der Waals surface area contributed by atoms with Crippen LogP contribution in [0.1, 0.15) is 16.4 Å². The average molecular weight is 334 g/mol. The molecule has 0 aliphatic rings. The molecule has 0 spiro atoms. The molecule has 90 valence electrons. The van der Waals surface area contributed by atoms with E-state index in [0.717, 1.165) is 16.5 Å². The molecular formula is C13H11BrClFS. The molecule has 0 saturated heterocycles. The van der Waals surface area contributed by atoms with Gasteiger partial charge in [0.2, 0.25) is 0 Å². The van der Waals surface area contributed by atoms with Gasteiger partial charge in [-0.25, -0.2) is 4.39 Å². The standard InChI is InChI=1S/C13H11BrClFS/c14-12-5-6-17-13(12)7-10(8-15)9-1-3-11(16)4-2-9/h1-6,10H,7-8H2. The molecule has 0 N–H and O–H groups in total. The van der Waals surface area contributed by atoms with E-state index in [0.29, 0.717) is 5.88 Å². The van der Waals surface area contributed by atoms with Gasteiger partial charge in [0.15, 0.2) is 0 Å². The van der Waals surface area contributed by atoms with Gasteiger partial charge in [0.1, 0.15) is 5.82 Å². The van der Waals surface area contributed by atoms with E-state index in [-0.39, 0.29) is 11.7 Å². The van der Waals surface area contributed by atoms with Crippen LogP contribution in [0.25, 0.3) is 0 Å². The summed E-state index contributed by atoms with van der Waals surface area (Å²) in [5.74, 6) is 0.558. The first-order chi connectivity index (χ1) is 8.20. The van der Waals surface area contributed by atoms with E-state index in [1.54, 1.807) is 11.3 Å². The third-order valence-electron chi connectivity index (χ3n) is 2.65. The van der Waals surface area contributed by atoms with Gasteiger partial charge in [-0.3, -0.25) is 0 Å². The highest BCUT2D eigenvalue weighted by Gasteiger charge is 2.14. The molecule has 0 aliphatic heterocycles. The van der Waals surface area contributed by atoms with Gasteiger partial charge in [0, 0.05) is 21.1 Å². The van der Waals surface area contributed by atoms with Crippen LogP contribution < -0.4 is 0 Å². The van der Waals surface area contributed by atoms with Crippen LogP contribution in [0, 0.1) is 5.82 Å². The van der Waals surface area contributed by atoms with Gasteiger partial charge in [-0.2, -0.15) is 0 Å². The fraction of sp³-hybridized carbons (Fsp3) is 0.231. The third kappa shape index (κ3) is 3.30. The van der Waals surface area contributed by atoms with Gasteiger partial charge in [-0.05, 0) is 51.5 Å². The summed E-state index contributed by atoms with van der Waals surface area (Å²) in [5, 5.41) is 2.05. The van der Waals surface area contributed by atoms with Crippen LogP contribution in [0.3, 0.4) is 0 Å². The van der Waals surface area contributed by atoms with E-state index in [2.05, 4.69) is 21.3 Å². The molecule has 1 unspecified atom stereocenters. The molecule has 0 bridgehead atoms. The molecule has 0 amide bonds. The van der Waals surface area contributed by atoms with E-state index in [1.807, 2.05) is 18.2 Å². The van der Waals surface area contributed by atoms with Crippen molar-refractivity contribution in [3.63, 3.8) is 0 Å². The number of hydrogen-bond donors (Lipinski definition) is 0. The quantitative estimate of drug-likeness (QED) is 0.673. The summed E-state index contributed by atoms with van der Waals surface area (Å²) in [4.78, 5) is 1.28. The first-order valence-electron chi connectivity index (χ1n) is 5.24. The Balaban J connectivity index is 2.17. The zero-order valence-electron chi connectivity index (χ0n) is 9.00. The number of alkyl halides is 1. The lowest BCUT2D eigenvalue weighted by atomic mass is 9.97. The summed E-state index contributed by atoms with van der Waals surface area (Å²) in [6, 6.07) is 8.63. The smallest absolute Gasteiger partial charge is 0.123 e. The molecule has 1 atom stereocenters. The second-order valence-corrected chi connectivity index (χ2v) is 5.96. The molecule has 0 nitrogen and oxygen atoms in total. The lowest BCUT2D eigenvalue weighted by molar-refractivity contribution is 0.625. The van der Waals surface area contributed by atoms with Gasteiger partial charge in [-0.1, -0.05) is 12.1 Å². The predicted octanol–water partition coefficient (Wildman–Crippen LogP) is 5.21. The Bertz CT molecular complexity index is 480. The van der Waals surface area contributed by atoms with Gasteiger partial charge in [0.25, 0.3) is 0 Å². The van der Waals surface area contributed by atoms with Gasteiger partial charge < -0.3 is 0 Å². The summed E-state index contributed by atoms with van der Waals surface area (Å²) >= 11 is 11.2. The molecule has 2 aromatic rings. The molecule has 1 aromatic carbocycles. The monoisotopic (exact) mass is 332 g/mol. The highest BCUT2D eigenvalue weighted by Crippen LogP contribution is 2.30. The Kier molecular flexibility index (Phi) is 4.60. The minimum Gasteiger partial charge on any atom is -0.207 e. The summed E-state index contributed by atoms with van der Waals surface area (Å²) in [6.45, 7) is 0. The van der Waals surface area contributed by atoms with E-state index in [1.165, 1.54) is 17.0 Å². The van der Waals surface area contributed by atoms with Crippen LogP contribution >= 0.6 is 38.9 Å². The van der Waals surface area contributed by atoms with E-state index < -0.39 is 0 Å². The van der Waals surface area contributed by atoms with Crippen molar-refractivity contribution in [1.29, 1.82) is 0 Å². The van der Waals surface area contributed by atoms with Crippen LogP contribution in [0.4, 0.5) is 4.39 Å². The first kappa shape index (κ1) is 13.1. The van der Waals surface area contributed by atoms with Crippen LogP contribution in [-0.4, -0.2) is 5.88 Å². The Labute approximate surface area is 118 Å². The molecule has 0 radical (unpaired) electrons. The molecule has 0 fully saturated rings. The van der Waals surface area contributed by atoms with Crippen LogP contribution in [0.5, 0.6) is 0 Å². The molecule has 17 heavy (non-hydrogen) atoms. The maximum atomic E-state index is 12.9. The molecule has 1 aromatic heterocycles. The Morgan fingerprint density at radius 3 is 2.47 bits per heavy atom. The molecule has 2 rings (SSSR count). The van der Waals surface area contributed by atoms with Crippen molar-refractivity contribution < 1.29 is 4.39 Å². The van der Waals surface area contributed by atoms with Gasteiger partial charge >= 0.3 is 0 Å². The van der Waals surface area contributed by atoms with Crippen molar-refractivity contribution in [3.8, 4) is 0 Å². The van der Waals surface area contributed by atoms with Crippen LogP contribution in [0.2, 0.25) is 0 Å². The number of thiophene rings is 1. The average Bonchev–Trinajstić information content (AvgIpc) is 2.73. The normalized spacial score (nSPS) is 12.6. The molecule has 0 aliphatic carbocycles. The highest BCUT2D eigenvalue weighted by atomic mass is 79.9. The van der Waals surface area contributed by atoms with Crippen molar-refractivity contribution in [2.24, 2.45) is 0 Å². The SMILES string of the molecule is Fc1ccc(C(CCl)Cc2sccc2Br)cc1. The Morgan fingerprint density at radius 1 is 1.24 bits per heavy atom. The maximum absolute atomic E-state index is 12.9. The van der Waals surface area contributed by atoms with E-state index in [9.17, 15) is 4.39 Å². The number of benzene rings is 1. The van der Waals surface area contributed by atoms with Gasteiger partial charge in [0.05, 0.1) is 0 Å². The molecular weight excluding hydrogens is 323 g/mol. The summed E-state index contributed by atoms with van der Waals surface area (Å²) in [7, 11) is 0. The van der Waals surface area contributed by atoms with Crippen LogP contribution in [0.15, 0.2) is 40.2 Å². The number of hydrogen-bond acceptors (Lipinski definition) is 1. The lowest BCUT2D eigenvalue weighted by Crippen LogP contribution is -2.04. The summed E-state index contributed by atoms with van der Waals surface area (Å²) in [5.41, 5.74) is 1.08. The Hall–Kier alpha value is -0.380. The number of halogens is 3. The third-order valence-corrected chi connectivity index (χ3v) is 4.97. The lowest BCUT2D eigenvalue weighted by Gasteiger charge is -2.13. The highest BCUT2D eigenvalue weighted by molar-refractivity contribution is 9.10. The van der Waals surface area contributed by atoms with E-state index in [4.69, 9.17) is 11.6 Å². The van der Waals surface area contributed by atoms with Crippen molar-refractivity contribution in [2.45, 2.75) is 12.3 Å². The predicted molar refractivity (Wildman–Crippen MR) is 75.6 cm³/mol.